The van der Waals surface area contributed by atoms with Gasteiger partial charge in [0.05, 0.1) is 0 Å². The molecule has 1 nitrogen and oxygen atoms in total. The first kappa shape index (κ1) is 38.9. The van der Waals surface area contributed by atoms with Crippen molar-refractivity contribution in [2.75, 3.05) is 4.90 Å². The first-order valence-corrected chi connectivity index (χ1v) is 22.9. The number of hydrogen-bond donors (Lipinski definition) is 0. The molecule has 1 heteroatoms. The van der Waals surface area contributed by atoms with Gasteiger partial charge < -0.3 is 4.90 Å². The van der Waals surface area contributed by atoms with Gasteiger partial charge in [0, 0.05) is 27.9 Å². The van der Waals surface area contributed by atoms with Gasteiger partial charge >= 0.3 is 0 Å². The lowest BCUT2D eigenvalue weighted by atomic mass is 9.79. The van der Waals surface area contributed by atoms with Crippen LogP contribution in [-0.2, 0) is 10.8 Å². The van der Waals surface area contributed by atoms with Gasteiger partial charge in [-0.2, -0.15) is 0 Å². The highest BCUT2D eigenvalue weighted by Crippen LogP contribution is 2.53. The number of rotatable bonds is 7. The van der Waals surface area contributed by atoms with Crippen LogP contribution in [0.3, 0.4) is 0 Å². The topological polar surface area (TPSA) is 3.24 Å². The van der Waals surface area contributed by atoms with E-state index >= 15 is 0 Å². The van der Waals surface area contributed by atoms with E-state index in [1.54, 1.807) is 0 Å². The highest BCUT2D eigenvalue weighted by atomic mass is 15.1. The smallest absolute Gasteiger partial charge is 0.0467 e. The van der Waals surface area contributed by atoms with Crippen molar-refractivity contribution in [3.05, 3.63) is 247 Å². The molecule has 10 aromatic carbocycles. The quantitative estimate of drug-likeness (QED) is 0.155. The molecule has 0 N–H and O–H groups in total. The minimum atomic E-state index is -0.124. The molecule has 12 rings (SSSR count). The maximum absolute atomic E-state index is 2.42. The Balaban J connectivity index is 0.969. The summed E-state index contributed by atoms with van der Waals surface area (Å²) in [6.45, 7) is 9.46. The second-order valence-corrected chi connectivity index (χ2v) is 18.9. The summed E-state index contributed by atoms with van der Waals surface area (Å²) in [4.78, 5) is 2.42. The van der Waals surface area contributed by atoms with E-state index in [4.69, 9.17) is 0 Å². The average Bonchev–Trinajstić information content (AvgIpc) is 3.74. The average molecular weight is 832 g/mol. The third kappa shape index (κ3) is 6.21. The Kier molecular flexibility index (Phi) is 8.94. The van der Waals surface area contributed by atoms with E-state index in [0.717, 1.165) is 17.1 Å². The monoisotopic (exact) mass is 831 g/mol. The number of nitrogens with zero attached hydrogens (tertiary/aromatic N) is 1. The summed E-state index contributed by atoms with van der Waals surface area (Å²) < 4.78 is 0. The van der Waals surface area contributed by atoms with Crippen LogP contribution < -0.4 is 4.90 Å². The summed E-state index contributed by atoms with van der Waals surface area (Å²) in [7, 11) is 0. The summed E-state index contributed by atoms with van der Waals surface area (Å²) in [5.74, 6) is 0. The second kappa shape index (κ2) is 14.9. The van der Waals surface area contributed by atoms with Crippen LogP contribution in [0.1, 0.15) is 49.9 Å². The van der Waals surface area contributed by atoms with Crippen molar-refractivity contribution in [3.63, 3.8) is 0 Å². The Morgan fingerprint density at radius 1 is 0.277 bits per heavy atom. The van der Waals surface area contributed by atoms with E-state index in [-0.39, 0.29) is 10.8 Å². The minimum Gasteiger partial charge on any atom is -0.310 e. The lowest BCUT2D eigenvalue weighted by Crippen LogP contribution is -2.16. The van der Waals surface area contributed by atoms with Gasteiger partial charge in [-0.1, -0.05) is 210 Å². The van der Waals surface area contributed by atoms with E-state index < -0.39 is 0 Å². The maximum Gasteiger partial charge on any atom is 0.0467 e. The number of fused-ring (bicyclic) bond motifs is 7. The molecule has 0 saturated carbocycles. The number of hydrogen-bond acceptors (Lipinski definition) is 1. The fraction of sp³-hybridized carbons (Fsp3) is 0.0938. The molecule has 0 heterocycles. The molecular weight excluding hydrogens is 783 g/mol. The van der Waals surface area contributed by atoms with Gasteiger partial charge in [0.25, 0.3) is 0 Å². The predicted octanol–water partition coefficient (Wildman–Crippen LogP) is 17.6. The molecule has 0 fully saturated rings. The van der Waals surface area contributed by atoms with Gasteiger partial charge in [-0.25, -0.2) is 0 Å². The Labute approximate surface area is 383 Å². The normalized spacial score (nSPS) is 13.8. The first-order chi connectivity index (χ1) is 31.8. The molecule has 0 radical (unpaired) electrons. The van der Waals surface area contributed by atoms with Crippen molar-refractivity contribution in [2.45, 2.75) is 38.5 Å². The van der Waals surface area contributed by atoms with Crippen LogP contribution in [-0.4, -0.2) is 0 Å². The van der Waals surface area contributed by atoms with Crippen molar-refractivity contribution >= 4 is 27.8 Å². The van der Waals surface area contributed by atoms with E-state index in [0.29, 0.717) is 0 Å². The Bertz CT molecular complexity index is 3460. The fourth-order valence-corrected chi connectivity index (χ4v) is 11.3. The molecule has 310 valence electrons. The molecule has 0 aliphatic heterocycles. The van der Waals surface area contributed by atoms with Crippen LogP contribution in [0.5, 0.6) is 0 Å². The number of benzene rings is 10. The molecule has 2 aliphatic rings. The molecule has 0 atom stereocenters. The van der Waals surface area contributed by atoms with E-state index in [1.165, 1.54) is 99.8 Å². The molecule has 0 saturated heterocycles. The zero-order chi connectivity index (χ0) is 43.9. The molecule has 0 bridgehead atoms. The third-order valence-corrected chi connectivity index (χ3v) is 14.5. The van der Waals surface area contributed by atoms with Crippen molar-refractivity contribution in [2.24, 2.45) is 0 Å². The van der Waals surface area contributed by atoms with Crippen LogP contribution in [0.15, 0.2) is 224 Å². The van der Waals surface area contributed by atoms with Gasteiger partial charge in [0.1, 0.15) is 0 Å². The zero-order valence-corrected chi connectivity index (χ0v) is 37.3. The van der Waals surface area contributed by atoms with E-state index in [1.807, 2.05) is 0 Å². The van der Waals surface area contributed by atoms with Crippen molar-refractivity contribution in [3.8, 4) is 66.8 Å². The summed E-state index contributed by atoms with van der Waals surface area (Å²) >= 11 is 0. The van der Waals surface area contributed by atoms with Crippen LogP contribution >= 0.6 is 0 Å². The molecule has 0 unspecified atom stereocenters. The zero-order valence-electron chi connectivity index (χ0n) is 37.3. The molecule has 0 spiro atoms. The van der Waals surface area contributed by atoms with E-state index in [2.05, 4.69) is 257 Å². The highest BCUT2D eigenvalue weighted by Gasteiger charge is 2.38. The van der Waals surface area contributed by atoms with Gasteiger partial charge in [-0.15, -0.1) is 0 Å². The lowest BCUT2D eigenvalue weighted by Gasteiger charge is -2.28. The van der Waals surface area contributed by atoms with E-state index in [9.17, 15) is 0 Å². The van der Waals surface area contributed by atoms with Crippen LogP contribution in [0.2, 0.25) is 0 Å². The van der Waals surface area contributed by atoms with Crippen molar-refractivity contribution < 1.29 is 0 Å². The molecule has 2 aliphatic carbocycles. The second-order valence-electron chi connectivity index (χ2n) is 18.9. The highest BCUT2D eigenvalue weighted by molar-refractivity contribution is 6.06. The fourth-order valence-electron chi connectivity index (χ4n) is 11.3. The summed E-state index contributed by atoms with van der Waals surface area (Å²) in [5.41, 5.74) is 23.9. The lowest BCUT2D eigenvalue weighted by molar-refractivity contribution is 0.660. The Morgan fingerprint density at radius 3 is 1.45 bits per heavy atom. The van der Waals surface area contributed by atoms with Crippen LogP contribution in [0, 0.1) is 0 Å². The SMILES string of the molecule is CC1(C)c2ccccc2-c2ccc(-c3ccc(N(c4ccc(-c5cccc6cccc(-c7ccccc7)c56)cc4)c4cccc(-c5cccc6c5C(C)(C)c5ccccc5-6)c4)cc3)cc21. The number of anilines is 3. The molecule has 0 amide bonds. The Morgan fingerprint density at radius 2 is 0.754 bits per heavy atom. The minimum absolute atomic E-state index is 0.0537. The summed E-state index contributed by atoms with van der Waals surface area (Å²) in [5, 5.41) is 2.51. The summed E-state index contributed by atoms with van der Waals surface area (Å²) in [6, 6.07) is 83.2. The Hall–Kier alpha value is -7.74. The first-order valence-electron chi connectivity index (χ1n) is 22.9. The molecular formula is C64H49N. The van der Waals surface area contributed by atoms with Crippen molar-refractivity contribution in [1.29, 1.82) is 0 Å². The predicted molar refractivity (Wildman–Crippen MR) is 276 cm³/mol. The maximum atomic E-state index is 2.42. The van der Waals surface area contributed by atoms with Crippen LogP contribution in [0.25, 0.3) is 77.5 Å². The van der Waals surface area contributed by atoms with Gasteiger partial charge in [0.15, 0.2) is 0 Å². The van der Waals surface area contributed by atoms with Crippen molar-refractivity contribution in [1.82, 2.24) is 0 Å². The van der Waals surface area contributed by atoms with Gasteiger partial charge in [-0.3, -0.25) is 0 Å². The largest absolute Gasteiger partial charge is 0.310 e. The van der Waals surface area contributed by atoms with Crippen LogP contribution in [0.4, 0.5) is 17.1 Å². The summed E-state index contributed by atoms with van der Waals surface area (Å²) in [6.07, 6.45) is 0. The van der Waals surface area contributed by atoms with Gasteiger partial charge in [-0.05, 0) is 142 Å². The molecule has 0 aromatic heterocycles. The standard InChI is InChI=1S/C64H49N/c1-63(2)58-28-10-8-22-54(58)56-39-34-46(41-60(56)63)42-30-35-48(36-31-42)65(50-21-12-20-47(40-50)53-26-15-27-57-55-23-9-11-29-59(55)64(3,4)62(53)57)49-37-32-44(33-38-49)52-25-14-19-45-18-13-24-51(61(45)52)43-16-6-5-7-17-43/h5-41H,1-4H3. The third-order valence-electron chi connectivity index (χ3n) is 14.5. The van der Waals surface area contributed by atoms with Gasteiger partial charge in [0.2, 0.25) is 0 Å². The molecule has 10 aromatic rings. The molecule has 65 heavy (non-hydrogen) atoms.